The molecule has 1 aromatic heterocycles. The molecule has 1 atom stereocenters. The van der Waals surface area contributed by atoms with E-state index >= 15 is 0 Å². The van der Waals surface area contributed by atoms with Gasteiger partial charge in [-0.3, -0.25) is 4.68 Å². The van der Waals surface area contributed by atoms with Gasteiger partial charge in [0.1, 0.15) is 0 Å². The van der Waals surface area contributed by atoms with Gasteiger partial charge in [0.05, 0.1) is 22.0 Å². The van der Waals surface area contributed by atoms with Gasteiger partial charge >= 0.3 is 0 Å². The molecule has 4 heteroatoms. The largest absolute Gasteiger partial charge is 0.388 e. The van der Waals surface area contributed by atoms with E-state index < -0.39 is 6.10 Å². The van der Waals surface area contributed by atoms with Crippen molar-refractivity contribution in [2.45, 2.75) is 39.7 Å². The first-order chi connectivity index (χ1) is 9.45. The molecule has 0 fully saturated rings. The zero-order valence-electron chi connectivity index (χ0n) is 12.4. The molecule has 108 valence electrons. The lowest BCUT2D eigenvalue weighted by Crippen LogP contribution is -2.08. The molecule has 0 saturated carbocycles. The zero-order chi connectivity index (χ0) is 14.9. The van der Waals surface area contributed by atoms with Gasteiger partial charge in [-0.15, -0.1) is 0 Å². The highest BCUT2D eigenvalue weighted by Gasteiger charge is 2.18. The molecule has 0 spiro atoms. The van der Waals surface area contributed by atoms with Gasteiger partial charge < -0.3 is 5.11 Å². The van der Waals surface area contributed by atoms with Gasteiger partial charge in [0, 0.05) is 13.5 Å². The Morgan fingerprint density at radius 2 is 2.05 bits per heavy atom. The standard InChI is InChI=1S/C16H21BrN2O/c1-5-13-16(17)14(19(4)18-13)9-15(20)12-8-6-7-10(2)11(12)3/h6-8,15,20H,5,9H2,1-4H3. The number of aryl methyl sites for hydroxylation is 3. The number of halogens is 1. The van der Waals surface area contributed by atoms with Crippen LogP contribution in [0.5, 0.6) is 0 Å². The first-order valence-corrected chi connectivity index (χ1v) is 7.69. The molecule has 0 amide bonds. The van der Waals surface area contributed by atoms with Crippen LogP contribution >= 0.6 is 15.9 Å². The van der Waals surface area contributed by atoms with E-state index in [1.165, 1.54) is 5.56 Å². The summed E-state index contributed by atoms with van der Waals surface area (Å²) in [6.07, 6.45) is 0.939. The maximum atomic E-state index is 10.5. The Hall–Kier alpha value is -1.13. The second-order valence-corrected chi connectivity index (χ2v) is 5.99. The average Bonchev–Trinajstić information content (AvgIpc) is 2.69. The Bertz CT molecular complexity index is 619. The quantitative estimate of drug-likeness (QED) is 0.925. The van der Waals surface area contributed by atoms with E-state index in [4.69, 9.17) is 0 Å². The summed E-state index contributed by atoms with van der Waals surface area (Å²) in [7, 11) is 1.93. The summed E-state index contributed by atoms with van der Waals surface area (Å²) in [6.45, 7) is 6.21. The minimum atomic E-state index is -0.508. The third-order valence-corrected chi connectivity index (χ3v) is 4.81. The number of rotatable bonds is 4. The Balaban J connectivity index is 2.30. The average molecular weight is 337 g/mol. The molecule has 20 heavy (non-hydrogen) atoms. The van der Waals surface area contributed by atoms with Crippen molar-refractivity contribution in [2.75, 3.05) is 0 Å². The van der Waals surface area contributed by atoms with Gasteiger partial charge in [-0.1, -0.05) is 25.1 Å². The van der Waals surface area contributed by atoms with E-state index in [1.807, 2.05) is 23.9 Å². The smallest absolute Gasteiger partial charge is 0.0848 e. The lowest BCUT2D eigenvalue weighted by Gasteiger charge is -2.15. The Morgan fingerprint density at radius 3 is 2.65 bits per heavy atom. The number of aliphatic hydroxyl groups is 1. The van der Waals surface area contributed by atoms with Crippen LogP contribution in [0, 0.1) is 13.8 Å². The SMILES string of the molecule is CCc1nn(C)c(CC(O)c2cccc(C)c2C)c1Br. The first-order valence-electron chi connectivity index (χ1n) is 6.90. The molecule has 0 aliphatic carbocycles. The van der Waals surface area contributed by atoms with Crippen molar-refractivity contribution in [3.05, 3.63) is 50.8 Å². The number of nitrogens with zero attached hydrogens (tertiary/aromatic N) is 2. The van der Waals surface area contributed by atoms with Crippen LogP contribution in [0.15, 0.2) is 22.7 Å². The van der Waals surface area contributed by atoms with E-state index in [9.17, 15) is 5.11 Å². The molecular formula is C16H21BrN2O. The molecular weight excluding hydrogens is 316 g/mol. The summed E-state index contributed by atoms with van der Waals surface area (Å²) in [5, 5.41) is 15.0. The normalized spacial score (nSPS) is 12.7. The Kier molecular flexibility index (Phi) is 4.66. The summed E-state index contributed by atoms with van der Waals surface area (Å²) in [5.74, 6) is 0. The Labute approximate surface area is 128 Å². The van der Waals surface area contributed by atoms with Crippen LogP contribution in [0.3, 0.4) is 0 Å². The lowest BCUT2D eigenvalue weighted by atomic mass is 9.96. The fraction of sp³-hybridized carbons (Fsp3) is 0.438. The fourth-order valence-corrected chi connectivity index (χ4v) is 3.25. The molecule has 2 aromatic rings. The minimum Gasteiger partial charge on any atom is -0.388 e. The molecule has 0 saturated heterocycles. The Morgan fingerprint density at radius 1 is 1.35 bits per heavy atom. The van der Waals surface area contributed by atoms with E-state index in [-0.39, 0.29) is 0 Å². The maximum Gasteiger partial charge on any atom is 0.0848 e. The van der Waals surface area contributed by atoms with Gasteiger partial charge in [0.2, 0.25) is 0 Å². The van der Waals surface area contributed by atoms with Crippen LogP contribution in [0.25, 0.3) is 0 Å². The second kappa shape index (κ2) is 6.10. The highest BCUT2D eigenvalue weighted by Crippen LogP contribution is 2.28. The summed E-state index contributed by atoms with van der Waals surface area (Å²) in [6, 6.07) is 6.06. The molecule has 0 aliphatic heterocycles. The van der Waals surface area contributed by atoms with Crippen molar-refractivity contribution in [3.8, 4) is 0 Å². The predicted molar refractivity (Wildman–Crippen MR) is 84.9 cm³/mol. The zero-order valence-corrected chi connectivity index (χ0v) is 14.0. The van der Waals surface area contributed by atoms with Crippen LogP contribution in [0.1, 0.15) is 41.1 Å². The van der Waals surface area contributed by atoms with Crippen LogP contribution < -0.4 is 0 Å². The second-order valence-electron chi connectivity index (χ2n) is 5.19. The van der Waals surface area contributed by atoms with Gasteiger partial charge in [0.15, 0.2) is 0 Å². The molecule has 1 N–H and O–H groups in total. The summed E-state index contributed by atoms with van der Waals surface area (Å²) in [5.41, 5.74) is 5.44. The molecule has 0 aliphatic rings. The molecule has 0 bridgehead atoms. The first kappa shape index (κ1) is 15.3. The van der Waals surface area contributed by atoms with Crippen molar-refractivity contribution < 1.29 is 5.11 Å². The number of aromatic nitrogens is 2. The third-order valence-electron chi connectivity index (χ3n) is 3.90. The van der Waals surface area contributed by atoms with Crippen molar-refractivity contribution in [3.63, 3.8) is 0 Å². The molecule has 1 heterocycles. The van der Waals surface area contributed by atoms with Crippen molar-refractivity contribution >= 4 is 15.9 Å². The van der Waals surface area contributed by atoms with Crippen LogP contribution in [0.4, 0.5) is 0 Å². The minimum absolute atomic E-state index is 0.508. The topological polar surface area (TPSA) is 38.0 Å². The summed E-state index contributed by atoms with van der Waals surface area (Å²) >= 11 is 3.60. The highest BCUT2D eigenvalue weighted by atomic mass is 79.9. The number of aliphatic hydroxyl groups excluding tert-OH is 1. The van der Waals surface area contributed by atoms with Crippen molar-refractivity contribution in [2.24, 2.45) is 7.05 Å². The van der Waals surface area contributed by atoms with Gasteiger partial charge in [0.25, 0.3) is 0 Å². The van der Waals surface area contributed by atoms with Gasteiger partial charge in [-0.2, -0.15) is 5.10 Å². The van der Waals surface area contributed by atoms with Crippen LogP contribution in [0.2, 0.25) is 0 Å². The van der Waals surface area contributed by atoms with Crippen LogP contribution in [-0.4, -0.2) is 14.9 Å². The van der Waals surface area contributed by atoms with E-state index in [1.54, 1.807) is 0 Å². The number of hydrogen-bond donors (Lipinski definition) is 1. The lowest BCUT2D eigenvalue weighted by molar-refractivity contribution is 0.175. The van der Waals surface area contributed by atoms with E-state index in [0.717, 1.165) is 33.4 Å². The van der Waals surface area contributed by atoms with Gasteiger partial charge in [-0.05, 0) is 52.9 Å². The third kappa shape index (κ3) is 2.81. The molecule has 2 rings (SSSR count). The molecule has 3 nitrogen and oxygen atoms in total. The monoisotopic (exact) mass is 336 g/mol. The van der Waals surface area contributed by atoms with Gasteiger partial charge in [-0.25, -0.2) is 0 Å². The molecule has 1 unspecified atom stereocenters. The maximum absolute atomic E-state index is 10.5. The number of hydrogen-bond acceptors (Lipinski definition) is 2. The summed E-state index contributed by atoms with van der Waals surface area (Å²) in [4.78, 5) is 0. The summed E-state index contributed by atoms with van der Waals surface area (Å²) < 4.78 is 2.88. The molecule has 1 aromatic carbocycles. The van der Waals surface area contributed by atoms with Crippen LogP contribution in [-0.2, 0) is 19.9 Å². The fourth-order valence-electron chi connectivity index (χ4n) is 2.47. The molecule has 0 radical (unpaired) electrons. The highest BCUT2D eigenvalue weighted by molar-refractivity contribution is 9.10. The predicted octanol–water partition coefficient (Wildman–Crippen LogP) is 3.64. The van der Waals surface area contributed by atoms with Crippen molar-refractivity contribution in [1.29, 1.82) is 0 Å². The van der Waals surface area contributed by atoms with E-state index in [2.05, 4.69) is 47.9 Å². The van der Waals surface area contributed by atoms with Crippen molar-refractivity contribution in [1.82, 2.24) is 9.78 Å². The van der Waals surface area contributed by atoms with E-state index in [0.29, 0.717) is 6.42 Å². The number of benzene rings is 1.